The lowest BCUT2D eigenvalue weighted by Crippen LogP contribution is -2.12. The van der Waals surface area contributed by atoms with Gasteiger partial charge in [0, 0.05) is 16.1 Å². The van der Waals surface area contributed by atoms with E-state index in [1.54, 1.807) is 6.20 Å². The number of hydrogen-bond donors (Lipinski definition) is 1. The van der Waals surface area contributed by atoms with E-state index in [1.165, 1.54) is 0 Å². The number of aromatic nitrogens is 1. The lowest BCUT2D eigenvalue weighted by molar-refractivity contribution is 0.254. The molecule has 1 aromatic heterocycles. The fourth-order valence-electron chi connectivity index (χ4n) is 1.48. The van der Waals surface area contributed by atoms with Crippen LogP contribution in [-0.2, 0) is 5.41 Å². The van der Waals surface area contributed by atoms with Crippen molar-refractivity contribution in [1.82, 2.24) is 4.98 Å². The first-order chi connectivity index (χ1) is 6.18. The van der Waals surface area contributed by atoms with E-state index < -0.39 is 0 Å². The van der Waals surface area contributed by atoms with Gasteiger partial charge in [-0.1, -0.05) is 11.6 Å². The number of rotatable bonds is 2. The molecule has 0 saturated heterocycles. The van der Waals surface area contributed by atoms with Gasteiger partial charge in [0.25, 0.3) is 0 Å². The zero-order valence-electron chi connectivity index (χ0n) is 6.93. The first-order valence-corrected chi connectivity index (χ1v) is 5.27. The van der Waals surface area contributed by atoms with Crippen molar-refractivity contribution < 1.29 is 5.11 Å². The summed E-state index contributed by atoms with van der Waals surface area (Å²) >= 11 is 9.21. The minimum absolute atomic E-state index is 0.0502. The van der Waals surface area contributed by atoms with Gasteiger partial charge >= 0.3 is 0 Å². The number of nitrogens with zero attached hydrogens (tertiary/aromatic N) is 1. The van der Waals surface area contributed by atoms with Crippen molar-refractivity contribution in [2.75, 3.05) is 6.61 Å². The smallest absolute Gasteiger partial charge is 0.129 e. The van der Waals surface area contributed by atoms with Gasteiger partial charge in [0.15, 0.2) is 0 Å². The van der Waals surface area contributed by atoms with Gasteiger partial charge in [-0.15, -0.1) is 0 Å². The SMILES string of the molecule is OCC1(c2cc(Cl)ncc2Br)CC1. The van der Waals surface area contributed by atoms with Crippen LogP contribution in [0.25, 0.3) is 0 Å². The van der Waals surface area contributed by atoms with Crippen LogP contribution in [0.1, 0.15) is 18.4 Å². The summed E-state index contributed by atoms with van der Waals surface area (Å²) in [5, 5.41) is 9.73. The molecule has 0 bridgehead atoms. The third kappa shape index (κ3) is 1.60. The highest BCUT2D eigenvalue weighted by molar-refractivity contribution is 9.10. The predicted octanol–water partition coefficient (Wildman–Crippen LogP) is 2.52. The molecule has 0 aliphatic heterocycles. The number of aliphatic hydroxyl groups is 1. The van der Waals surface area contributed by atoms with E-state index in [2.05, 4.69) is 20.9 Å². The second-order valence-electron chi connectivity index (χ2n) is 3.43. The molecular weight excluding hydrogens is 253 g/mol. The summed E-state index contributed by atoms with van der Waals surface area (Å²) in [4.78, 5) is 3.95. The number of halogens is 2. The Morgan fingerprint density at radius 2 is 2.31 bits per heavy atom. The summed E-state index contributed by atoms with van der Waals surface area (Å²) in [6.07, 6.45) is 3.75. The summed E-state index contributed by atoms with van der Waals surface area (Å²) in [7, 11) is 0. The average molecular weight is 263 g/mol. The average Bonchev–Trinajstić information content (AvgIpc) is 2.90. The van der Waals surface area contributed by atoms with E-state index in [1.807, 2.05) is 6.07 Å². The Bertz CT molecular complexity index is 338. The second-order valence-corrected chi connectivity index (χ2v) is 4.67. The van der Waals surface area contributed by atoms with Crippen LogP contribution < -0.4 is 0 Å². The second kappa shape index (κ2) is 3.23. The Balaban J connectivity index is 2.44. The normalized spacial score (nSPS) is 18.7. The molecule has 0 unspecified atom stereocenters. The summed E-state index contributed by atoms with van der Waals surface area (Å²) in [6, 6.07) is 1.83. The fraction of sp³-hybridized carbons (Fsp3) is 0.444. The van der Waals surface area contributed by atoms with Crippen molar-refractivity contribution in [1.29, 1.82) is 0 Å². The summed E-state index contributed by atoms with van der Waals surface area (Å²) in [5.41, 5.74) is 1.03. The molecule has 0 atom stereocenters. The first-order valence-electron chi connectivity index (χ1n) is 4.10. The van der Waals surface area contributed by atoms with E-state index in [0.29, 0.717) is 5.15 Å². The maximum atomic E-state index is 9.24. The highest BCUT2D eigenvalue weighted by Crippen LogP contribution is 2.50. The standard InChI is InChI=1S/C9H9BrClNO/c10-7-4-12-8(11)3-6(7)9(5-13)1-2-9/h3-4,13H,1-2,5H2. The first kappa shape index (κ1) is 9.44. The molecule has 4 heteroatoms. The highest BCUT2D eigenvalue weighted by atomic mass is 79.9. The van der Waals surface area contributed by atoms with Crippen molar-refractivity contribution in [2.24, 2.45) is 0 Å². The molecular formula is C9H9BrClNO. The van der Waals surface area contributed by atoms with Gasteiger partial charge in [-0.25, -0.2) is 4.98 Å². The topological polar surface area (TPSA) is 33.1 Å². The summed E-state index contributed by atoms with van der Waals surface area (Å²) in [6.45, 7) is 0.186. The van der Waals surface area contributed by atoms with E-state index >= 15 is 0 Å². The molecule has 1 fully saturated rings. The minimum Gasteiger partial charge on any atom is -0.395 e. The summed E-state index contributed by atoms with van der Waals surface area (Å²) < 4.78 is 0.934. The zero-order chi connectivity index (χ0) is 9.47. The number of aliphatic hydroxyl groups excluding tert-OH is 1. The summed E-state index contributed by atoms with van der Waals surface area (Å²) in [5.74, 6) is 0. The van der Waals surface area contributed by atoms with E-state index in [-0.39, 0.29) is 12.0 Å². The van der Waals surface area contributed by atoms with Crippen LogP contribution >= 0.6 is 27.5 Å². The van der Waals surface area contributed by atoms with Crippen molar-refractivity contribution in [3.63, 3.8) is 0 Å². The molecule has 70 valence electrons. The molecule has 1 saturated carbocycles. The molecule has 1 aliphatic rings. The molecule has 1 aromatic rings. The molecule has 0 aromatic carbocycles. The minimum atomic E-state index is -0.0502. The third-order valence-electron chi connectivity index (χ3n) is 2.55. The fourth-order valence-corrected chi connectivity index (χ4v) is 2.28. The molecule has 2 rings (SSSR count). The molecule has 0 radical (unpaired) electrons. The molecule has 1 aliphatic carbocycles. The number of pyridine rings is 1. The Labute approximate surface area is 90.1 Å². The maximum Gasteiger partial charge on any atom is 0.129 e. The Morgan fingerprint density at radius 3 is 2.85 bits per heavy atom. The monoisotopic (exact) mass is 261 g/mol. The van der Waals surface area contributed by atoms with Crippen molar-refractivity contribution in [2.45, 2.75) is 18.3 Å². The van der Waals surface area contributed by atoms with Crippen LogP contribution in [0.3, 0.4) is 0 Å². The van der Waals surface area contributed by atoms with Crippen LogP contribution in [0.15, 0.2) is 16.7 Å². The molecule has 1 N–H and O–H groups in total. The van der Waals surface area contributed by atoms with E-state index in [0.717, 1.165) is 22.9 Å². The Hall–Kier alpha value is -0.120. The Kier molecular flexibility index (Phi) is 2.34. The van der Waals surface area contributed by atoms with Gasteiger partial charge in [-0.3, -0.25) is 0 Å². The maximum absolute atomic E-state index is 9.24. The van der Waals surface area contributed by atoms with Gasteiger partial charge < -0.3 is 5.11 Å². The predicted molar refractivity (Wildman–Crippen MR) is 54.9 cm³/mol. The lowest BCUT2D eigenvalue weighted by atomic mass is 9.98. The zero-order valence-corrected chi connectivity index (χ0v) is 9.27. The third-order valence-corrected chi connectivity index (χ3v) is 3.39. The van der Waals surface area contributed by atoms with Crippen molar-refractivity contribution >= 4 is 27.5 Å². The van der Waals surface area contributed by atoms with Gasteiger partial charge in [0.05, 0.1) is 6.61 Å². The van der Waals surface area contributed by atoms with Crippen molar-refractivity contribution in [3.05, 3.63) is 27.5 Å². The highest BCUT2D eigenvalue weighted by Gasteiger charge is 2.45. The van der Waals surface area contributed by atoms with Crippen LogP contribution in [0.5, 0.6) is 0 Å². The molecule has 0 amide bonds. The molecule has 0 spiro atoms. The molecule has 1 heterocycles. The molecule has 13 heavy (non-hydrogen) atoms. The van der Waals surface area contributed by atoms with Gasteiger partial charge in [0.1, 0.15) is 5.15 Å². The van der Waals surface area contributed by atoms with Gasteiger partial charge in [0.2, 0.25) is 0 Å². The van der Waals surface area contributed by atoms with Crippen LogP contribution in [-0.4, -0.2) is 16.7 Å². The van der Waals surface area contributed by atoms with E-state index in [4.69, 9.17) is 11.6 Å². The number of hydrogen-bond acceptors (Lipinski definition) is 2. The molecule has 2 nitrogen and oxygen atoms in total. The van der Waals surface area contributed by atoms with E-state index in [9.17, 15) is 5.11 Å². The van der Waals surface area contributed by atoms with Crippen LogP contribution in [0.4, 0.5) is 0 Å². The Morgan fingerprint density at radius 1 is 1.62 bits per heavy atom. The van der Waals surface area contributed by atoms with Gasteiger partial charge in [-0.2, -0.15) is 0 Å². The lowest BCUT2D eigenvalue weighted by Gasteiger charge is -2.13. The van der Waals surface area contributed by atoms with Crippen LogP contribution in [0, 0.1) is 0 Å². The van der Waals surface area contributed by atoms with Crippen molar-refractivity contribution in [3.8, 4) is 0 Å². The quantitative estimate of drug-likeness (QED) is 0.831. The largest absolute Gasteiger partial charge is 0.395 e. The van der Waals surface area contributed by atoms with Gasteiger partial charge in [-0.05, 0) is 40.4 Å². The van der Waals surface area contributed by atoms with Crippen LogP contribution in [0.2, 0.25) is 5.15 Å².